The Morgan fingerprint density at radius 2 is 1.00 bits per heavy atom. The molecular formula is C48H94N4O4. The molecule has 3 amide bonds. The predicted molar refractivity (Wildman–Crippen MR) is 238 cm³/mol. The lowest BCUT2D eigenvalue weighted by molar-refractivity contribution is -0.180. The number of carbonyl (C=O) groups excluding carboxylic acids is 3. The summed E-state index contributed by atoms with van der Waals surface area (Å²) in [5.74, 6) is 0.551. The molecule has 8 heteroatoms. The second-order valence-electron chi connectivity index (χ2n) is 17.8. The van der Waals surface area contributed by atoms with Crippen LogP contribution in [0.25, 0.3) is 0 Å². The lowest BCUT2D eigenvalue weighted by atomic mass is 9.90. The Balaban J connectivity index is 2.78. The maximum Gasteiger partial charge on any atom is 0.250 e. The Bertz CT molecular complexity index is 939. The first-order chi connectivity index (χ1) is 27.2. The van der Waals surface area contributed by atoms with Gasteiger partial charge in [0.2, 0.25) is 11.8 Å². The third kappa shape index (κ3) is 25.0. The fraction of sp³-hybridized carbons (Fsp3) is 0.938. The number of amides is 3. The molecule has 0 bridgehead atoms. The molecule has 330 valence electrons. The van der Waals surface area contributed by atoms with E-state index in [-0.39, 0.29) is 37.0 Å². The number of rotatable bonds is 40. The highest BCUT2D eigenvalue weighted by Crippen LogP contribution is 2.28. The molecule has 0 radical (unpaired) electrons. The number of unbranched alkanes of at least 4 members (excludes halogenated alkanes) is 19. The highest BCUT2D eigenvalue weighted by atomic mass is 16.5. The molecule has 8 nitrogen and oxygen atoms in total. The molecule has 1 fully saturated rings. The van der Waals surface area contributed by atoms with Crippen molar-refractivity contribution in [3.63, 3.8) is 0 Å². The molecule has 1 saturated heterocycles. The van der Waals surface area contributed by atoms with Gasteiger partial charge in [-0.2, -0.15) is 0 Å². The van der Waals surface area contributed by atoms with Gasteiger partial charge in [-0.25, -0.2) is 0 Å². The Kier molecular flexibility index (Phi) is 33.0. The summed E-state index contributed by atoms with van der Waals surface area (Å²) in [4.78, 5) is 45.2. The summed E-state index contributed by atoms with van der Waals surface area (Å²) in [5, 5.41) is 6.73. The van der Waals surface area contributed by atoms with Gasteiger partial charge in [-0.1, -0.05) is 169 Å². The number of nitrogens with zero attached hydrogens (tertiary/aromatic N) is 2. The molecule has 1 unspecified atom stereocenters. The number of hydrogen-bond donors (Lipinski definition) is 2. The SMILES string of the molecule is CCCCCCCCC(CCCCCC)CNC(=O)C1(N(CCCN(C)C)C(=O)CCCCC(=O)NC(CCCCCCCC)CCCCCCCC)COC1. The van der Waals surface area contributed by atoms with Gasteiger partial charge < -0.3 is 25.2 Å². The topological polar surface area (TPSA) is 91.0 Å². The van der Waals surface area contributed by atoms with Gasteiger partial charge in [-0.15, -0.1) is 0 Å². The lowest BCUT2D eigenvalue weighted by Gasteiger charge is -2.48. The average molecular weight is 791 g/mol. The molecule has 2 N–H and O–H groups in total. The molecule has 0 aromatic heterocycles. The highest BCUT2D eigenvalue weighted by molar-refractivity contribution is 5.92. The van der Waals surface area contributed by atoms with Gasteiger partial charge in [0.15, 0.2) is 5.54 Å². The van der Waals surface area contributed by atoms with Gasteiger partial charge >= 0.3 is 0 Å². The van der Waals surface area contributed by atoms with E-state index in [1.165, 1.54) is 141 Å². The molecule has 0 aromatic carbocycles. The quantitative estimate of drug-likeness (QED) is 0.0603. The Morgan fingerprint density at radius 3 is 1.46 bits per heavy atom. The molecule has 56 heavy (non-hydrogen) atoms. The summed E-state index contributed by atoms with van der Waals surface area (Å²) in [7, 11) is 4.09. The molecule has 0 aliphatic carbocycles. The van der Waals surface area contributed by atoms with Gasteiger partial charge in [-0.05, 0) is 71.5 Å². The van der Waals surface area contributed by atoms with Crippen molar-refractivity contribution in [1.82, 2.24) is 20.4 Å². The summed E-state index contributed by atoms with van der Waals surface area (Å²) in [6.45, 7) is 11.6. The first-order valence-corrected chi connectivity index (χ1v) is 24.3. The summed E-state index contributed by atoms with van der Waals surface area (Å²) in [5.41, 5.74) is -0.937. The summed E-state index contributed by atoms with van der Waals surface area (Å²) < 4.78 is 5.71. The third-order valence-electron chi connectivity index (χ3n) is 12.1. The van der Waals surface area contributed by atoms with Crippen molar-refractivity contribution in [2.45, 2.75) is 238 Å². The maximum absolute atomic E-state index is 14.1. The molecule has 0 aromatic rings. The summed E-state index contributed by atoms with van der Waals surface area (Å²) in [6, 6.07) is 0.257. The van der Waals surface area contributed by atoms with Crippen LogP contribution in [0.2, 0.25) is 0 Å². The van der Waals surface area contributed by atoms with E-state index < -0.39 is 5.54 Å². The Labute approximate surface area is 347 Å². The number of ether oxygens (including phenoxy) is 1. The van der Waals surface area contributed by atoms with Crippen molar-refractivity contribution in [3.05, 3.63) is 0 Å². The van der Waals surface area contributed by atoms with Crippen LogP contribution in [0.4, 0.5) is 0 Å². The molecule has 1 aliphatic heterocycles. The molecule has 1 aliphatic rings. The van der Waals surface area contributed by atoms with Crippen LogP contribution in [-0.4, -0.2) is 86.0 Å². The first kappa shape index (κ1) is 52.3. The number of hydrogen-bond acceptors (Lipinski definition) is 5. The van der Waals surface area contributed by atoms with Crippen LogP contribution in [0, 0.1) is 5.92 Å². The van der Waals surface area contributed by atoms with Crippen molar-refractivity contribution >= 4 is 17.7 Å². The second-order valence-corrected chi connectivity index (χ2v) is 17.8. The minimum Gasteiger partial charge on any atom is -0.375 e. The van der Waals surface area contributed by atoms with Gasteiger partial charge in [0.05, 0.1) is 13.2 Å². The van der Waals surface area contributed by atoms with Crippen molar-refractivity contribution in [3.8, 4) is 0 Å². The third-order valence-corrected chi connectivity index (χ3v) is 12.1. The smallest absolute Gasteiger partial charge is 0.250 e. The van der Waals surface area contributed by atoms with Crippen molar-refractivity contribution in [1.29, 1.82) is 0 Å². The van der Waals surface area contributed by atoms with Crippen LogP contribution >= 0.6 is 0 Å². The highest BCUT2D eigenvalue weighted by Gasteiger charge is 2.52. The van der Waals surface area contributed by atoms with Crippen molar-refractivity contribution in [2.75, 3.05) is 46.9 Å². The zero-order valence-corrected chi connectivity index (χ0v) is 38.1. The van der Waals surface area contributed by atoms with Crippen LogP contribution in [-0.2, 0) is 19.1 Å². The van der Waals surface area contributed by atoms with E-state index in [2.05, 4.69) is 43.2 Å². The van der Waals surface area contributed by atoms with Gasteiger partial charge in [0.1, 0.15) is 0 Å². The summed E-state index contributed by atoms with van der Waals surface area (Å²) >= 11 is 0. The van der Waals surface area contributed by atoms with E-state index in [4.69, 9.17) is 4.74 Å². The normalized spacial score (nSPS) is 14.2. The zero-order valence-electron chi connectivity index (χ0n) is 38.1. The van der Waals surface area contributed by atoms with Crippen LogP contribution in [0.3, 0.4) is 0 Å². The molecule has 0 spiro atoms. The molecule has 1 rings (SSSR count). The van der Waals surface area contributed by atoms with E-state index in [0.29, 0.717) is 44.7 Å². The van der Waals surface area contributed by atoms with Crippen molar-refractivity contribution in [2.24, 2.45) is 5.92 Å². The first-order valence-electron chi connectivity index (χ1n) is 24.3. The monoisotopic (exact) mass is 791 g/mol. The average Bonchev–Trinajstić information content (AvgIpc) is 3.16. The fourth-order valence-electron chi connectivity index (χ4n) is 8.28. The second kappa shape index (κ2) is 35.3. The molecule has 1 atom stereocenters. The molecule has 0 saturated carbocycles. The summed E-state index contributed by atoms with van der Waals surface area (Å²) in [6.07, 6.45) is 35.2. The minimum absolute atomic E-state index is 0.00910. The number of nitrogens with one attached hydrogen (secondary N) is 2. The van der Waals surface area contributed by atoms with Gasteiger partial charge in [0.25, 0.3) is 5.91 Å². The van der Waals surface area contributed by atoms with Crippen LogP contribution in [0.1, 0.15) is 227 Å². The van der Waals surface area contributed by atoms with Crippen molar-refractivity contribution < 1.29 is 19.1 Å². The van der Waals surface area contributed by atoms with E-state index in [9.17, 15) is 14.4 Å². The minimum atomic E-state index is -0.937. The standard InChI is InChI=1S/C48H94N4O4/c1-7-11-15-19-22-26-33-43(32-25-18-14-10-4)40-49-47(55)48(41-56-42-48)52(39-31-38-51(5)6)46(54)37-30-29-36-45(53)50-44(34-27-23-20-16-12-8-2)35-28-24-21-17-13-9-3/h43-44H,7-42H2,1-6H3,(H,49,55)(H,50,53). The number of carbonyl (C=O) groups is 3. The maximum atomic E-state index is 14.1. The van der Waals surface area contributed by atoms with Crippen LogP contribution < -0.4 is 10.6 Å². The van der Waals surface area contributed by atoms with Gasteiger partial charge in [0, 0.05) is 32.0 Å². The van der Waals surface area contributed by atoms with E-state index in [0.717, 1.165) is 38.6 Å². The molecular weight excluding hydrogens is 697 g/mol. The Hall–Kier alpha value is -1.67. The van der Waals surface area contributed by atoms with E-state index in [1.54, 1.807) is 0 Å². The lowest BCUT2D eigenvalue weighted by Crippen LogP contribution is -2.71. The zero-order chi connectivity index (χ0) is 41.1. The van der Waals surface area contributed by atoms with Crippen LogP contribution in [0.15, 0.2) is 0 Å². The Morgan fingerprint density at radius 1 is 0.554 bits per heavy atom. The predicted octanol–water partition coefficient (Wildman–Crippen LogP) is 11.5. The van der Waals surface area contributed by atoms with Gasteiger partial charge in [-0.3, -0.25) is 14.4 Å². The molecule has 1 heterocycles. The van der Waals surface area contributed by atoms with E-state index in [1.807, 2.05) is 19.0 Å². The van der Waals surface area contributed by atoms with Crippen LogP contribution in [0.5, 0.6) is 0 Å². The van der Waals surface area contributed by atoms with E-state index >= 15 is 0 Å². The fourth-order valence-corrected chi connectivity index (χ4v) is 8.28. The largest absolute Gasteiger partial charge is 0.375 e.